The molecular weight excluding hydrogens is 371 g/mol. The van der Waals surface area contributed by atoms with E-state index in [1.54, 1.807) is 7.05 Å². The second-order valence-electron chi connectivity index (χ2n) is 4.61. The standard InChI is InChI=1S/C13H19IN4O2/c1-9(13(19)15-2)16-11-7-10(14)8-12(17-11)18-3-5-20-6-4-18/h7-9H,3-6H2,1-2H3,(H,15,19)(H,16,17). The Morgan fingerprint density at radius 2 is 2.15 bits per heavy atom. The zero-order chi connectivity index (χ0) is 14.5. The summed E-state index contributed by atoms with van der Waals surface area (Å²) in [6.07, 6.45) is 0. The van der Waals surface area contributed by atoms with Gasteiger partial charge >= 0.3 is 0 Å². The van der Waals surface area contributed by atoms with Gasteiger partial charge in [-0.1, -0.05) is 0 Å². The Morgan fingerprint density at radius 1 is 1.45 bits per heavy atom. The Morgan fingerprint density at radius 3 is 2.80 bits per heavy atom. The molecule has 0 radical (unpaired) electrons. The van der Waals surface area contributed by atoms with Crippen LogP contribution in [-0.4, -0.2) is 50.3 Å². The number of hydrogen-bond donors (Lipinski definition) is 2. The van der Waals surface area contributed by atoms with E-state index < -0.39 is 0 Å². The third-order valence-corrected chi connectivity index (χ3v) is 3.74. The number of amides is 1. The quantitative estimate of drug-likeness (QED) is 0.754. The van der Waals surface area contributed by atoms with Gasteiger partial charge in [-0.15, -0.1) is 0 Å². The van der Waals surface area contributed by atoms with Crippen LogP contribution in [0.25, 0.3) is 0 Å². The molecule has 110 valence electrons. The molecule has 1 aromatic rings. The fourth-order valence-electron chi connectivity index (χ4n) is 2.02. The van der Waals surface area contributed by atoms with Crippen molar-refractivity contribution in [3.05, 3.63) is 15.7 Å². The number of carbonyl (C=O) groups is 1. The number of aromatic nitrogens is 1. The van der Waals surface area contributed by atoms with Crippen LogP contribution in [0.2, 0.25) is 0 Å². The number of pyridine rings is 1. The molecule has 1 aliphatic heterocycles. The molecule has 1 unspecified atom stereocenters. The fraction of sp³-hybridized carbons (Fsp3) is 0.538. The first-order valence-electron chi connectivity index (χ1n) is 6.58. The van der Waals surface area contributed by atoms with Crippen molar-refractivity contribution >= 4 is 40.1 Å². The normalized spacial score (nSPS) is 16.6. The first-order valence-corrected chi connectivity index (χ1v) is 7.66. The minimum Gasteiger partial charge on any atom is -0.378 e. The maximum atomic E-state index is 11.6. The number of likely N-dealkylation sites (N-methyl/N-ethyl adjacent to an activating group) is 1. The summed E-state index contributed by atoms with van der Waals surface area (Å²) in [4.78, 5) is 18.3. The van der Waals surface area contributed by atoms with Crippen LogP contribution < -0.4 is 15.5 Å². The summed E-state index contributed by atoms with van der Waals surface area (Å²) in [7, 11) is 1.63. The Bertz CT molecular complexity index is 477. The number of carbonyl (C=O) groups excluding carboxylic acids is 1. The average molecular weight is 390 g/mol. The first kappa shape index (κ1) is 15.3. The van der Waals surface area contributed by atoms with Crippen LogP contribution in [0.1, 0.15) is 6.92 Å². The second kappa shape index (κ2) is 7.07. The molecule has 2 rings (SSSR count). The third kappa shape index (κ3) is 3.95. The zero-order valence-corrected chi connectivity index (χ0v) is 13.8. The van der Waals surface area contributed by atoms with E-state index in [1.807, 2.05) is 19.1 Å². The molecule has 0 bridgehead atoms. The van der Waals surface area contributed by atoms with Gasteiger partial charge in [0.1, 0.15) is 17.7 Å². The first-order chi connectivity index (χ1) is 9.60. The molecule has 0 spiro atoms. The van der Waals surface area contributed by atoms with E-state index in [4.69, 9.17) is 4.74 Å². The van der Waals surface area contributed by atoms with E-state index in [0.717, 1.165) is 41.5 Å². The van der Waals surface area contributed by atoms with Gasteiger partial charge in [0, 0.05) is 23.7 Å². The predicted molar refractivity (Wildman–Crippen MR) is 87.1 cm³/mol. The molecule has 7 heteroatoms. The summed E-state index contributed by atoms with van der Waals surface area (Å²) in [5.41, 5.74) is 0. The number of nitrogens with one attached hydrogen (secondary N) is 2. The molecule has 2 heterocycles. The van der Waals surface area contributed by atoms with Crippen LogP contribution in [0, 0.1) is 3.57 Å². The van der Waals surface area contributed by atoms with Crippen LogP contribution in [0.4, 0.5) is 11.6 Å². The molecule has 20 heavy (non-hydrogen) atoms. The van der Waals surface area contributed by atoms with Gasteiger partial charge in [0.2, 0.25) is 5.91 Å². The average Bonchev–Trinajstić information content (AvgIpc) is 2.46. The molecule has 2 N–H and O–H groups in total. The maximum absolute atomic E-state index is 11.6. The molecule has 0 aliphatic carbocycles. The van der Waals surface area contributed by atoms with E-state index in [0.29, 0.717) is 0 Å². The summed E-state index contributed by atoms with van der Waals surface area (Å²) >= 11 is 2.26. The second-order valence-corrected chi connectivity index (χ2v) is 5.85. The lowest BCUT2D eigenvalue weighted by Gasteiger charge is -2.28. The number of ether oxygens (including phenoxy) is 1. The fourth-order valence-corrected chi connectivity index (χ4v) is 2.59. The molecule has 1 fully saturated rings. The van der Waals surface area contributed by atoms with Gasteiger partial charge in [-0.25, -0.2) is 4.98 Å². The van der Waals surface area contributed by atoms with Gasteiger partial charge in [0.05, 0.1) is 13.2 Å². The van der Waals surface area contributed by atoms with Crippen molar-refractivity contribution in [2.45, 2.75) is 13.0 Å². The highest BCUT2D eigenvalue weighted by Gasteiger charge is 2.16. The van der Waals surface area contributed by atoms with Crippen LogP contribution in [0.3, 0.4) is 0 Å². The summed E-state index contributed by atoms with van der Waals surface area (Å²) in [5, 5.41) is 5.75. The summed E-state index contributed by atoms with van der Waals surface area (Å²) in [5.74, 6) is 1.58. The van der Waals surface area contributed by atoms with Crippen molar-refractivity contribution in [3.8, 4) is 0 Å². The minimum atomic E-state index is -0.316. The molecule has 1 atom stereocenters. The third-order valence-electron chi connectivity index (χ3n) is 3.12. The molecule has 1 saturated heterocycles. The Balaban J connectivity index is 2.13. The van der Waals surface area contributed by atoms with Gasteiger partial charge in [-0.05, 0) is 41.6 Å². The van der Waals surface area contributed by atoms with Crippen molar-refractivity contribution in [3.63, 3.8) is 0 Å². The van der Waals surface area contributed by atoms with Gasteiger partial charge in [0.25, 0.3) is 0 Å². The monoisotopic (exact) mass is 390 g/mol. The van der Waals surface area contributed by atoms with Crippen LogP contribution in [-0.2, 0) is 9.53 Å². The van der Waals surface area contributed by atoms with Crippen molar-refractivity contribution in [2.75, 3.05) is 43.6 Å². The summed E-state index contributed by atoms with van der Waals surface area (Å²) < 4.78 is 6.44. The van der Waals surface area contributed by atoms with E-state index in [-0.39, 0.29) is 11.9 Å². The number of halogens is 1. The predicted octanol–water partition coefficient (Wildman–Crippen LogP) is 1.07. The van der Waals surface area contributed by atoms with E-state index in [1.165, 1.54) is 0 Å². The van der Waals surface area contributed by atoms with Gasteiger partial charge in [0.15, 0.2) is 0 Å². The molecule has 1 aliphatic rings. The Kier molecular flexibility index (Phi) is 5.41. The van der Waals surface area contributed by atoms with Crippen LogP contribution >= 0.6 is 22.6 Å². The lowest BCUT2D eigenvalue weighted by molar-refractivity contribution is -0.121. The topological polar surface area (TPSA) is 66.5 Å². The van der Waals surface area contributed by atoms with Crippen molar-refractivity contribution in [1.82, 2.24) is 10.3 Å². The summed E-state index contributed by atoms with van der Waals surface area (Å²) in [6.45, 7) is 4.96. The molecule has 0 aromatic carbocycles. The minimum absolute atomic E-state index is 0.0569. The van der Waals surface area contributed by atoms with E-state index in [9.17, 15) is 4.79 Å². The number of nitrogens with zero attached hydrogens (tertiary/aromatic N) is 2. The number of rotatable bonds is 4. The molecule has 1 aromatic heterocycles. The highest BCUT2D eigenvalue weighted by atomic mass is 127. The maximum Gasteiger partial charge on any atom is 0.241 e. The largest absolute Gasteiger partial charge is 0.378 e. The Labute approximate surface area is 132 Å². The zero-order valence-electron chi connectivity index (χ0n) is 11.6. The van der Waals surface area contributed by atoms with Gasteiger partial charge in [-0.2, -0.15) is 0 Å². The van der Waals surface area contributed by atoms with Crippen molar-refractivity contribution in [2.24, 2.45) is 0 Å². The number of anilines is 2. The van der Waals surface area contributed by atoms with Crippen LogP contribution in [0.5, 0.6) is 0 Å². The lowest BCUT2D eigenvalue weighted by Crippen LogP contribution is -2.37. The van der Waals surface area contributed by atoms with E-state index >= 15 is 0 Å². The molecule has 0 saturated carbocycles. The number of hydrogen-bond acceptors (Lipinski definition) is 5. The van der Waals surface area contributed by atoms with Crippen LogP contribution in [0.15, 0.2) is 12.1 Å². The molecular formula is C13H19IN4O2. The smallest absolute Gasteiger partial charge is 0.241 e. The van der Waals surface area contributed by atoms with Gasteiger partial charge in [-0.3, -0.25) is 4.79 Å². The van der Waals surface area contributed by atoms with Crippen molar-refractivity contribution < 1.29 is 9.53 Å². The highest BCUT2D eigenvalue weighted by Crippen LogP contribution is 2.20. The SMILES string of the molecule is CNC(=O)C(C)Nc1cc(I)cc(N2CCOCC2)n1. The Hall–Kier alpha value is -1.09. The lowest BCUT2D eigenvalue weighted by atomic mass is 10.3. The van der Waals surface area contributed by atoms with Gasteiger partial charge < -0.3 is 20.3 Å². The molecule has 6 nitrogen and oxygen atoms in total. The number of morpholine rings is 1. The van der Waals surface area contributed by atoms with E-state index in [2.05, 4.69) is 43.1 Å². The highest BCUT2D eigenvalue weighted by molar-refractivity contribution is 14.1. The summed E-state index contributed by atoms with van der Waals surface area (Å²) in [6, 6.07) is 3.66. The molecule has 1 amide bonds. The van der Waals surface area contributed by atoms with Crippen molar-refractivity contribution in [1.29, 1.82) is 0 Å².